The van der Waals surface area contributed by atoms with E-state index >= 15 is 0 Å². The highest BCUT2D eigenvalue weighted by Gasteiger charge is 2.15. The van der Waals surface area contributed by atoms with Gasteiger partial charge in [-0.05, 0) is 30.8 Å². The summed E-state index contributed by atoms with van der Waals surface area (Å²) in [6.07, 6.45) is 1.97. The number of carbonyl (C=O) groups is 2. The van der Waals surface area contributed by atoms with Gasteiger partial charge in [0.15, 0.2) is 5.13 Å². The fourth-order valence-electron chi connectivity index (χ4n) is 3.38. The maximum absolute atomic E-state index is 12.3. The van der Waals surface area contributed by atoms with E-state index < -0.39 is 0 Å². The minimum atomic E-state index is -0.219. The van der Waals surface area contributed by atoms with Crippen molar-refractivity contribution in [2.75, 3.05) is 43.4 Å². The van der Waals surface area contributed by atoms with Crippen molar-refractivity contribution < 1.29 is 9.59 Å². The summed E-state index contributed by atoms with van der Waals surface area (Å²) in [6.45, 7) is 4.43. The van der Waals surface area contributed by atoms with Crippen LogP contribution in [-0.2, 0) is 17.8 Å². The van der Waals surface area contributed by atoms with E-state index in [9.17, 15) is 9.59 Å². The Bertz CT molecular complexity index is 1050. The lowest BCUT2D eigenvalue weighted by molar-refractivity contribution is -0.120. The van der Waals surface area contributed by atoms with Crippen molar-refractivity contribution in [1.29, 1.82) is 0 Å². The lowest BCUT2D eigenvalue weighted by Gasteiger charge is -2.33. The summed E-state index contributed by atoms with van der Waals surface area (Å²) in [5.41, 5.74) is 2.14. The number of piperazine rings is 1. The number of amides is 2. The Morgan fingerprint density at radius 3 is 2.56 bits per heavy atom. The molecule has 1 aromatic carbocycles. The third-order valence-electron chi connectivity index (χ3n) is 5.28. The molecule has 9 heteroatoms. The van der Waals surface area contributed by atoms with Crippen molar-refractivity contribution >= 4 is 34.1 Å². The van der Waals surface area contributed by atoms with Gasteiger partial charge in [-0.15, -0.1) is 11.3 Å². The van der Waals surface area contributed by atoms with Gasteiger partial charge in [-0.2, -0.15) is 0 Å². The molecule has 0 unspecified atom stereocenters. The standard InChI is InChI=1S/C23H26N6O2S/c1-28-9-11-29(12-10-28)20-8-7-17(14-24-20)15-25-21(30)13-19-16-32-23(26-19)27-22(31)18-5-3-2-4-6-18/h2-8,14,16H,9-13,15H2,1H3,(H,25,30)(H,26,27,31). The minimum absolute atomic E-state index is 0.126. The summed E-state index contributed by atoms with van der Waals surface area (Å²) >= 11 is 1.30. The number of nitrogens with zero attached hydrogens (tertiary/aromatic N) is 4. The van der Waals surface area contributed by atoms with E-state index in [1.54, 1.807) is 17.5 Å². The van der Waals surface area contributed by atoms with Gasteiger partial charge < -0.3 is 15.1 Å². The predicted octanol–water partition coefficient (Wildman–Crippen LogP) is 2.40. The van der Waals surface area contributed by atoms with Crippen LogP contribution in [0.1, 0.15) is 21.6 Å². The number of benzene rings is 1. The molecule has 1 saturated heterocycles. The number of pyridine rings is 1. The summed E-state index contributed by atoms with van der Waals surface area (Å²) in [4.78, 5) is 38.0. The zero-order valence-corrected chi connectivity index (χ0v) is 18.8. The van der Waals surface area contributed by atoms with Crippen molar-refractivity contribution in [1.82, 2.24) is 20.2 Å². The first kappa shape index (κ1) is 21.9. The number of hydrogen-bond acceptors (Lipinski definition) is 7. The van der Waals surface area contributed by atoms with Crippen LogP contribution in [0.25, 0.3) is 0 Å². The molecule has 166 valence electrons. The molecule has 0 bridgehead atoms. The second-order valence-corrected chi connectivity index (χ2v) is 8.59. The highest BCUT2D eigenvalue weighted by molar-refractivity contribution is 7.14. The third-order valence-corrected chi connectivity index (χ3v) is 6.08. The summed E-state index contributed by atoms with van der Waals surface area (Å²) in [6, 6.07) is 13.0. The van der Waals surface area contributed by atoms with E-state index in [2.05, 4.69) is 37.4 Å². The van der Waals surface area contributed by atoms with Crippen LogP contribution in [0.15, 0.2) is 54.0 Å². The fourth-order valence-corrected chi connectivity index (χ4v) is 4.08. The Labute approximate surface area is 191 Å². The van der Waals surface area contributed by atoms with Gasteiger partial charge in [-0.1, -0.05) is 24.3 Å². The minimum Gasteiger partial charge on any atom is -0.354 e. The molecule has 3 heterocycles. The Kier molecular flexibility index (Phi) is 7.08. The zero-order valence-electron chi connectivity index (χ0n) is 18.0. The molecule has 8 nitrogen and oxygen atoms in total. The van der Waals surface area contributed by atoms with Gasteiger partial charge in [0.25, 0.3) is 5.91 Å². The average Bonchev–Trinajstić information content (AvgIpc) is 3.25. The van der Waals surface area contributed by atoms with E-state index in [0.717, 1.165) is 37.6 Å². The molecule has 0 spiro atoms. The van der Waals surface area contributed by atoms with Crippen molar-refractivity contribution in [2.45, 2.75) is 13.0 Å². The maximum Gasteiger partial charge on any atom is 0.257 e. The van der Waals surface area contributed by atoms with Crippen LogP contribution in [0, 0.1) is 0 Å². The molecule has 0 radical (unpaired) electrons. The normalized spacial score (nSPS) is 14.2. The molecule has 2 amide bonds. The Morgan fingerprint density at radius 1 is 1.06 bits per heavy atom. The SMILES string of the molecule is CN1CCN(c2ccc(CNC(=O)Cc3csc(NC(=O)c4ccccc4)n3)cn2)CC1. The van der Waals surface area contributed by atoms with Gasteiger partial charge in [0.1, 0.15) is 5.82 Å². The topological polar surface area (TPSA) is 90.5 Å². The van der Waals surface area contributed by atoms with Crippen molar-refractivity contribution in [2.24, 2.45) is 0 Å². The largest absolute Gasteiger partial charge is 0.354 e. The van der Waals surface area contributed by atoms with Crippen molar-refractivity contribution in [3.63, 3.8) is 0 Å². The van der Waals surface area contributed by atoms with Crippen LogP contribution in [-0.4, -0.2) is 59.9 Å². The Hall–Kier alpha value is -3.30. The van der Waals surface area contributed by atoms with Gasteiger partial charge in [0.05, 0.1) is 12.1 Å². The molecule has 2 N–H and O–H groups in total. The van der Waals surface area contributed by atoms with E-state index in [1.165, 1.54) is 11.3 Å². The average molecular weight is 451 g/mol. The third kappa shape index (κ3) is 5.89. The molecule has 1 fully saturated rings. The maximum atomic E-state index is 12.3. The number of anilines is 2. The molecule has 32 heavy (non-hydrogen) atoms. The zero-order chi connectivity index (χ0) is 22.3. The van der Waals surface area contributed by atoms with E-state index in [4.69, 9.17) is 0 Å². The molecular weight excluding hydrogens is 424 g/mol. The quantitative estimate of drug-likeness (QED) is 0.575. The Balaban J connectivity index is 1.23. The summed E-state index contributed by atoms with van der Waals surface area (Å²) in [5.74, 6) is 0.628. The molecule has 1 aliphatic rings. The molecule has 0 saturated carbocycles. The first-order chi connectivity index (χ1) is 15.6. The number of carbonyl (C=O) groups excluding carboxylic acids is 2. The lowest BCUT2D eigenvalue weighted by Crippen LogP contribution is -2.44. The monoisotopic (exact) mass is 450 g/mol. The smallest absolute Gasteiger partial charge is 0.257 e. The van der Waals surface area contributed by atoms with Gasteiger partial charge in [0, 0.05) is 49.9 Å². The fraction of sp³-hybridized carbons (Fsp3) is 0.304. The number of thiazole rings is 1. The summed E-state index contributed by atoms with van der Waals surface area (Å²) in [7, 11) is 2.13. The van der Waals surface area contributed by atoms with Crippen LogP contribution < -0.4 is 15.5 Å². The second-order valence-electron chi connectivity index (χ2n) is 7.73. The number of rotatable bonds is 7. The molecule has 2 aromatic heterocycles. The number of hydrogen-bond donors (Lipinski definition) is 2. The molecular formula is C23H26N6O2S. The first-order valence-electron chi connectivity index (χ1n) is 10.5. The molecule has 0 atom stereocenters. The number of aromatic nitrogens is 2. The number of likely N-dealkylation sites (N-methyl/N-ethyl adjacent to an activating group) is 1. The van der Waals surface area contributed by atoms with Crippen LogP contribution in [0.3, 0.4) is 0 Å². The van der Waals surface area contributed by atoms with Gasteiger partial charge in [-0.3, -0.25) is 14.9 Å². The Morgan fingerprint density at radius 2 is 1.84 bits per heavy atom. The van der Waals surface area contributed by atoms with Gasteiger partial charge in [0.2, 0.25) is 5.91 Å². The predicted molar refractivity (Wildman–Crippen MR) is 126 cm³/mol. The van der Waals surface area contributed by atoms with Gasteiger partial charge in [-0.25, -0.2) is 9.97 Å². The number of nitrogens with one attached hydrogen (secondary N) is 2. The summed E-state index contributed by atoms with van der Waals surface area (Å²) < 4.78 is 0. The van der Waals surface area contributed by atoms with Crippen LogP contribution >= 0.6 is 11.3 Å². The molecule has 3 aromatic rings. The van der Waals surface area contributed by atoms with Crippen molar-refractivity contribution in [3.8, 4) is 0 Å². The van der Waals surface area contributed by atoms with E-state index in [0.29, 0.717) is 22.9 Å². The molecule has 4 rings (SSSR count). The van der Waals surface area contributed by atoms with Gasteiger partial charge >= 0.3 is 0 Å². The first-order valence-corrected chi connectivity index (χ1v) is 11.4. The van der Waals surface area contributed by atoms with E-state index in [-0.39, 0.29) is 18.2 Å². The molecule has 0 aliphatic carbocycles. The van der Waals surface area contributed by atoms with Crippen LogP contribution in [0.4, 0.5) is 10.9 Å². The van der Waals surface area contributed by atoms with E-state index in [1.807, 2.05) is 36.5 Å². The van der Waals surface area contributed by atoms with Crippen molar-refractivity contribution in [3.05, 3.63) is 70.9 Å². The molecule has 1 aliphatic heterocycles. The lowest BCUT2D eigenvalue weighted by atomic mass is 10.2. The summed E-state index contributed by atoms with van der Waals surface area (Å²) in [5, 5.41) is 7.93. The highest BCUT2D eigenvalue weighted by atomic mass is 32.1. The van der Waals surface area contributed by atoms with Crippen LogP contribution in [0.5, 0.6) is 0 Å². The van der Waals surface area contributed by atoms with Crippen LogP contribution in [0.2, 0.25) is 0 Å². The highest BCUT2D eigenvalue weighted by Crippen LogP contribution is 2.17. The second kappa shape index (κ2) is 10.3.